The first-order valence-electron chi connectivity index (χ1n) is 9.77. The number of hydrogen-bond donors (Lipinski definition) is 1. The van der Waals surface area contributed by atoms with Crippen molar-refractivity contribution in [3.8, 4) is 0 Å². The number of rotatable bonds is 9. The van der Waals surface area contributed by atoms with Gasteiger partial charge in [0.25, 0.3) is 5.91 Å². The number of thiophene rings is 1. The van der Waals surface area contributed by atoms with Crippen LogP contribution in [0.2, 0.25) is 0 Å². The summed E-state index contributed by atoms with van der Waals surface area (Å²) < 4.78 is 32.0. The Kier molecular flexibility index (Phi) is 8.17. The van der Waals surface area contributed by atoms with Gasteiger partial charge < -0.3 is 10.1 Å². The van der Waals surface area contributed by atoms with E-state index < -0.39 is 21.9 Å². The molecule has 164 valence electrons. The van der Waals surface area contributed by atoms with E-state index in [2.05, 4.69) is 5.32 Å². The largest absolute Gasteiger partial charge is 0.465 e. The molecule has 1 amide bonds. The molecule has 0 atom stereocenters. The molecule has 2 aromatic rings. The third-order valence-electron chi connectivity index (χ3n) is 4.70. The van der Waals surface area contributed by atoms with E-state index in [1.165, 1.54) is 47.0 Å². The number of carbonyl (C=O) groups is 2. The van der Waals surface area contributed by atoms with Gasteiger partial charge in [-0.1, -0.05) is 13.8 Å². The molecule has 1 aromatic carbocycles. The monoisotopic (exact) mass is 452 g/mol. The highest BCUT2D eigenvalue weighted by molar-refractivity contribution is 7.89. The summed E-state index contributed by atoms with van der Waals surface area (Å²) in [4.78, 5) is 25.8. The summed E-state index contributed by atoms with van der Waals surface area (Å²) in [5.41, 5.74) is 1.39. The van der Waals surface area contributed by atoms with Gasteiger partial charge in [-0.2, -0.15) is 4.31 Å². The maximum Gasteiger partial charge on any atom is 0.341 e. The van der Waals surface area contributed by atoms with Crippen molar-refractivity contribution < 1.29 is 22.7 Å². The molecule has 0 saturated heterocycles. The van der Waals surface area contributed by atoms with E-state index in [4.69, 9.17) is 4.74 Å². The summed E-state index contributed by atoms with van der Waals surface area (Å²) in [5.74, 6) is -0.940. The number of anilines is 1. The number of ether oxygens (including phenoxy) is 1. The van der Waals surface area contributed by atoms with Gasteiger partial charge in [0, 0.05) is 23.5 Å². The van der Waals surface area contributed by atoms with Gasteiger partial charge in [-0.15, -0.1) is 11.3 Å². The Balaban J connectivity index is 2.26. The van der Waals surface area contributed by atoms with E-state index in [9.17, 15) is 18.0 Å². The Morgan fingerprint density at radius 3 is 2.13 bits per heavy atom. The maximum atomic E-state index is 12.9. The van der Waals surface area contributed by atoms with Crippen LogP contribution in [0.5, 0.6) is 0 Å². The Morgan fingerprint density at radius 2 is 1.63 bits per heavy atom. The van der Waals surface area contributed by atoms with Crippen molar-refractivity contribution in [2.45, 2.75) is 45.4 Å². The predicted octanol–water partition coefficient (Wildman–Crippen LogP) is 4.21. The minimum absolute atomic E-state index is 0.152. The summed E-state index contributed by atoms with van der Waals surface area (Å²) in [6, 6.07) is 5.83. The number of amides is 1. The number of benzene rings is 1. The van der Waals surface area contributed by atoms with E-state index in [0.29, 0.717) is 29.2 Å². The second-order valence-corrected chi connectivity index (χ2v) is 10.0. The molecule has 0 aliphatic heterocycles. The Labute approximate surface area is 182 Å². The van der Waals surface area contributed by atoms with Crippen molar-refractivity contribution >= 4 is 38.2 Å². The van der Waals surface area contributed by atoms with Crippen LogP contribution < -0.4 is 5.32 Å². The summed E-state index contributed by atoms with van der Waals surface area (Å²) in [5, 5.41) is 3.16. The van der Waals surface area contributed by atoms with Crippen LogP contribution >= 0.6 is 11.3 Å². The van der Waals surface area contributed by atoms with Gasteiger partial charge in [0.15, 0.2) is 0 Å². The Bertz CT molecular complexity index is 1000. The summed E-state index contributed by atoms with van der Waals surface area (Å²) in [6.07, 6.45) is 1.45. The Hall–Kier alpha value is -2.23. The zero-order chi connectivity index (χ0) is 22.5. The third kappa shape index (κ3) is 5.08. The van der Waals surface area contributed by atoms with Crippen LogP contribution in [0, 0.1) is 13.8 Å². The molecule has 0 spiro atoms. The zero-order valence-corrected chi connectivity index (χ0v) is 19.6. The zero-order valence-electron chi connectivity index (χ0n) is 17.9. The maximum absolute atomic E-state index is 12.9. The van der Waals surface area contributed by atoms with Crippen molar-refractivity contribution in [2.75, 3.05) is 25.5 Å². The van der Waals surface area contributed by atoms with Crippen LogP contribution in [-0.2, 0) is 14.8 Å². The van der Waals surface area contributed by atoms with Crippen molar-refractivity contribution in [3.05, 3.63) is 45.8 Å². The van der Waals surface area contributed by atoms with Crippen molar-refractivity contribution in [2.24, 2.45) is 0 Å². The smallest absolute Gasteiger partial charge is 0.341 e. The molecule has 0 fully saturated rings. The van der Waals surface area contributed by atoms with Crippen LogP contribution in [0.25, 0.3) is 0 Å². The summed E-state index contributed by atoms with van der Waals surface area (Å²) in [6.45, 7) is 8.42. The minimum Gasteiger partial charge on any atom is -0.465 e. The van der Waals surface area contributed by atoms with Crippen LogP contribution in [-0.4, -0.2) is 44.8 Å². The van der Waals surface area contributed by atoms with Crippen LogP contribution in [0.1, 0.15) is 57.8 Å². The lowest BCUT2D eigenvalue weighted by Gasteiger charge is -2.21. The third-order valence-corrected chi connectivity index (χ3v) is 7.74. The molecular formula is C21H28N2O5S2. The van der Waals surface area contributed by atoms with E-state index in [0.717, 1.165) is 23.3 Å². The highest BCUT2D eigenvalue weighted by Crippen LogP contribution is 2.33. The SMILES string of the molecule is CCCN(CCC)S(=O)(=O)c1ccc(C(=O)Nc2sc(C)c(C)c2C(=O)OC)cc1. The molecule has 0 aliphatic carbocycles. The number of methoxy groups -OCH3 is 1. The van der Waals surface area contributed by atoms with E-state index >= 15 is 0 Å². The van der Waals surface area contributed by atoms with Gasteiger partial charge in [-0.05, 0) is 56.5 Å². The number of nitrogens with one attached hydrogen (secondary N) is 1. The lowest BCUT2D eigenvalue weighted by Crippen LogP contribution is -2.32. The second kappa shape index (κ2) is 10.2. The lowest BCUT2D eigenvalue weighted by atomic mass is 10.1. The molecule has 9 heteroatoms. The lowest BCUT2D eigenvalue weighted by molar-refractivity contribution is 0.0601. The van der Waals surface area contributed by atoms with Gasteiger partial charge >= 0.3 is 5.97 Å². The fourth-order valence-electron chi connectivity index (χ4n) is 3.02. The van der Waals surface area contributed by atoms with E-state index in [-0.39, 0.29) is 4.90 Å². The average molecular weight is 453 g/mol. The molecule has 7 nitrogen and oxygen atoms in total. The number of hydrogen-bond acceptors (Lipinski definition) is 6. The standard InChI is InChI=1S/C21H28N2O5S2/c1-6-12-23(13-7-2)30(26,27)17-10-8-16(9-11-17)19(24)22-20-18(21(25)28-5)14(3)15(4)29-20/h8-11H,6-7,12-13H2,1-5H3,(H,22,24). The minimum atomic E-state index is -3.61. The number of esters is 1. The molecule has 0 saturated carbocycles. The highest BCUT2D eigenvalue weighted by Gasteiger charge is 2.24. The molecule has 1 heterocycles. The van der Waals surface area contributed by atoms with Gasteiger partial charge in [0.1, 0.15) is 5.00 Å². The summed E-state index contributed by atoms with van der Waals surface area (Å²) >= 11 is 1.29. The topological polar surface area (TPSA) is 92.8 Å². The van der Waals surface area contributed by atoms with Crippen molar-refractivity contribution in [3.63, 3.8) is 0 Å². The Morgan fingerprint density at radius 1 is 1.07 bits per heavy atom. The van der Waals surface area contributed by atoms with Crippen LogP contribution in [0.15, 0.2) is 29.2 Å². The van der Waals surface area contributed by atoms with Gasteiger partial charge in [-0.25, -0.2) is 13.2 Å². The quantitative estimate of drug-likeness (QED) is 0.575. The number of sulfonamides is 1. The summed E-state index contributed by atoms with van der Waals surface area (Å²) in [7, 11) is -2.32. The van der Waals surface area contributed by atoms with Crippen LogP contribution in [0.4, 0.5) is 5.00 Å². The molecule has 0 aliphatic rings. The van der Waals surface area contributed by atoms with E-state index in [1.54, 1.807) is 6.92 Å². The number of aryl methyl sites for hydroxylation is 1. The van der Waals surface area contributed by atoms with Gasteiger partial charge in [-0.3, -0.25) is 4.79 Å². The first-order valence-corrected chi connectivity index (χ1v) is 12.0. The van der Waals surface area contributed by atoms with Crippen molar-refractivity contribution in [1.29, 1.82) is 0 Å². The fourth-order valence-corrected chi connectivity index (χ4v) is 5.68. The predicted molar refractivity (Wildman–Crippen MR) is 119 cm³/mol. The highest BCUT2D eigenvalue weighted by atomic mass is 32.2. The number of nitrogens with zero attached hydrogens (tertiary/aromatic N) is 1. The molecule has 1 aromatic heterocycles. The first kappa shape index (κ1) is 24.0. The molecular weight excluding hydrogens is 424 g/mol. The van der Waals surface area contributed by atoms with Crippen LogP contribution in [0.3, 0.4) is 0 Å². The number of carbonyl (C=O) groups excluding carboxylic acids is 2. The molecule has 30 heavy (non-hydrogen) atoms. The van der Waals surface area contributed by atoms with Crippen molar-refractivity contribution in [1.82, 2.24) is 4.31 Å². The second-order valence-electron chi connectivity index (χ2n) is 6.86. The molecule has 0 radical (unpaired) electrons. The molecule has 1 N–H and O–H groups in total. The van der Waals surface area contributed by atoms with Gasteiger partial charge in [0.05, 0.1) is 17.6 Å². The fraction of sp³-hybridized carbons (Fsp3) is 0.429. The average Bonchev–Trinajstić information content (AvgIpc) is 3.00. The molecule has 0 unspecified atom stereocenters. The normalized spacial score (nSPS) is 11.5. The van der Waals surface area contributed by atoms with Gasteiger partial charge in [0.2, 0.25) is 10.0 Å². The molecule has 2 rings (SSSR count). The van der Waals surface area contributed by atoms with E-state index in [1.807, 2.05) is 20.8 Å². The first-order chi connectivity index (χ1) is 14.2. The molecule has 0 bridgehead atoms.